The maximum Gasteiger partial charge on any atom is 0.273 e. The lowest BCUT2D eigenvalue weighted by atomic mass is 9.86. The molecule has 1 aliphatic carbocycles. The molecule has 2 heterocycles. The van der Waals surface area contributed by atoms with Crippen molar-refractivity contribution in [2.45, 2.75) is 44.9 Å². The molecule has 1 amide bonds. The number of carbonyl (C=O) groups excluding carboxylic acids is 1. The highest BCUT2D eigenvalue weighted by molar-refractivity contribution is 7.16. The molecule has 0 spiro atoms. The maximum absolute atomic E-state index is 13.1. The molecule has 4 aromatic rings. The third kappa shape index (κ3) is 5.22. The SMILES string of the molecule is COc1cc(-c2nc(NC(=O)c3cc4ccccc4[nH]3)sc2CCC2CCCCC2)c(OC)cc1Cl. The quantitative estimate of drug-likeness (QED) is 0.248. The van der Waals surface area contributed by atoms with Crippen LogP contribution in [-0.2, 0) is 6.42 Å². The minimum atomic E-state index is -0.217. The molecule has 1 fully saturated rings. The fourth-order valence-corrected chi connectivity index (χ4v) is 6.22. The van der Waals surface area contributed by atoms with Crippen molar-refractivity contribution in [3.63, 3.8) is 0 Å². The smallest absolute Gasteiger partial charge is 0.273 e. The van der Waals surface area contributed by atoms with Gasteiger partial charge in [-0.25, -0.2) is 4.98 Å². The van der Waals surface area contributed by atoms with Gasteiger partial charge in [-0.15, -0.1) is 11.3 Å². The van der Waals surface area contributed by atoms with Crippen LogP contribution in [-0.4, -0.2) is 30.1 Å². The minimum Gasteiger partial charge on any atom is -0.496 e. The Morgan fingerprint density at radius 2 is 1.89 bits per heavy atom. The van der Waals surface area contributed by atoms with Crippen molar-refractivity contribution in [2.24, 2.45) is 5.92 Å². The molecule has 0 unspecified atom stereocenters. The van der Waals surface area contributed by atoms with Crippen LogP contribution in [0.3, 0.4) is 0 Å². The van der Waals surface area contributed by atoms with E-state index in [0.717, 1.165) is 45.8 Å². The topological polar surface area (TPSA) is 76.2 Å². The van der Waals surface area contributed by atoms with Crippen LogP contribution in [0.4, 0.5) is 5.13 Å². The van der Waals surface area contributed by atoms with E-state index in [2.05, 4.69) is 10.3 Å². The van der Waals surface area contributed by atoms with Gasteiger partial charge in [0.25, 0.3) is 5.91 Å². The number of aromatic nitrogens is 2. The van der Waals surface area contributed by atoms with E-state index in [1.807, 2.05) is 36.4 Å². The van der Waals surface area contributed by atoms with Crippen molar-refractivity contribution in [1.82, 2.24) is 9.97 Å². The summed E-state index contributed by atoms with van der Waals surface area (Å²) in [4.78, 5) is 22.3. The van der Waals surface area contributed by atoms with Gasteiger partial charge in [0.15, 0.2) is 5.13 Å². The highest BCUT2D eigenvalue weighted by Gasteiger charge is 2.22. The van der Waals surface area contributed by atoms with Crippen molar-refractivity contribution in [1.29, 1.82) is 0 Å². The Morgan fingerprint density at radius 3 is 2.64 bits per heavy atom. The highest BCUT2D eigenvalue weighted by atomic mass is 35.5. The predicted octanol–water partition coefficient (Wildman–Crippen LogP) is 7.73. The minimum absolute atomic E-state index is 0.217. The van der Waals surface area contributed by atoms with E-state index in [9.17, 15) is 4.79 Å². The molecule has 0 bridgehead atoms. The Morgan fingerprint density at radius 1 is 1.11 bits per heavy atom. The molecular weight excluding hydrogens is 494 g/mol. The number of halogens is 1. The number of thiazole rings is 1. The Balaban J connectivity index is 1.47. The van der Waals surface area contributed by atoms with Crippen LogP contribution in [0.5, 0.6) is 11.5 Å². The summed E-state index contributed by atoms with van der Waals surface area (Å²) in [6.45, 7) is 0. The number of ether oxygens (including phenoxy) is 2. The molecule has 0 saturated heterocycles. The number of aromatic amines is 1. The molecule has 0 atom stereocenters. The second-order valence-corrected chi connectivity index (χ2v) is 10.7. The molecule has 188 valence electrons. The molecule has 5 rings (SSSR count). The van der Waals surface area contributed by atoms with E-state index in [-0.39, 0.29) is 5.91 Å². The predicted molar refractivity (Wildman–Crippen MR) is 147 cm³/mol. The fourth-order valence-electron chi connectivity index (χ4n) is 5.00. The van der Waals surface area contributed by atoms with Crippen molar-refractivity contribution in [3.05, 3.63) is 58.1 Å². The van der Waals surface area contributed by atoms with E-state index in [4.69, 9.17) is 26.1 Å². The van der Waals surface area contributed by atoms with Crippen molar-refractivity contribution in [2.75, 3.05) is 19.5 Å². The Kier molecular flexibility index (Phi) is 7.48. The normalized spacial score (nSPS) is 14.2. The first-order chi connectivity index (χ1) is 17.6. The lowest BCUT2D eigenvalue weighted by Gasteiger charge is -2.21. The first kappa shape index (κ1) is 24.7. The summed E-state index contributed by atoms with van der Waals surface area (Å²) in [6.07, 6.45) is 8.55. The molecule has 1 saturated carbocycles. The summed E-state index contributed by atoms with van der Waals surface area (Å²) in [7, 11) is 3.21. The fraction of sp³-hybridized carbons (Fsp3) is 0.357. The van der Waals surface area contributed by atoms with Crippen molar-refractivity contribution in [3.8, 4) is 22.8 Å². The zero-order chi connectivity index (χ0) is 25.1. The number of benzene rings is 2. The lowest BCUT2D eigenvalue weighted by molar-refractivity contribution is 0.102. The molecule has 2 N–H and O–H groups in total. The van der Waals surface area contributed by atoms with Crippen LogP contribution in [0.1, 0.15) is 53.9 Å². The number of aryl methyl sites for hydroxylation is 1. The van der Waals surface area contributed by atoms with Crippen LogP contribution in [0.25, 0.3) is 22.2 Å². The van der Waals surface area contributed by atoms with Gasteiger partial charge in [0.2, 0.25) is 0 Å². The first-order valence-corrected chi connectivity index (χ1v) is 13.6. The second kappa shape index (κ2) is 10.9. The third-order valence-corrected chi connectivity index (χ3v) is 8.25. The van der Waals surface area contributed by atoms with Gasteiger partial charge in [-0.2, -0.15) is 0 Å². The molecule has 0 radical (unpaired) electrons. The standard InChI is InChI=1S/C28H30ClN3O3S/c1-34-23-16-20(29)24(35-2)15-19(23)26-25(13-12-17-8-4-3-5-9-17)36-28(31-26)32-27(33)22-14-18-10-6-7-11-21(18)30-22/h6-7,10-11,14-17,30H,3-5,8-9,12-13H2,1-2H3,(H,31,32,33). The van der Waals surface area contributed by atoms with E-state index >= 15 is 0 Å². The summed E-state index contributed by atoms with van der Waals surface area (Å²) in [5.74, 6) is 1.70. The lowest BCUT2D eigenvalue weighted by Crippen LogP contribution is -2.11. The van der Waals surface area contributed by atoms with Crippen LogP contribution in [0.15, 0.2) is 42.5 Å². The number of amides is 1. The van der Waals surface area contributed by atoms with E-state index in [0.29, 0.717) is 27.3 Å². The Hall–Kier alpha value is -3.03. The molecule has 0 aliphatic heterocycles. The summed E-state index contributed by atoms with van der Waals surface area (Å²) in [5, 5.41) is 5.03. The number of anilines is 1. The van der Waals surface area contributed by atoms with Crippen LogP contribution in [0, 0.1) is 5.92 Å². The molecule has 1 aliphatic rings. The van der Waals surface area contributed by atoms with Gasteiger partial charge in [0, 0.05) is 27.4 Å². The number of fused-ring (bicyclic) bond motifs is 1. The number of rotatable bonds is 8. The monoisotopic (exact) mass is 523 g/mol. The van der Waals surface area contributed by atoms with Gasteiger partial charge in [0.1, 0.15) is 17.2 Å². The average molecular weight is 524 g/mol. The van der Waals surface area contributed by atoms with Crippen LogP contribution >= 0.6 is 22.9 Å². The summed E-state index contributed by atoms with van der Waals surface area (Å²) >= 11 is 7.89. The van der Waals surface area contributed by atoms with E-state index < -0.39 is 0 Å². The number of hydrogen-bond acceptors (Lipinski definition) is 5. The van der Waals surface area contributed by atoms with Crippen LogP contribution < -0.4 is 14.8 Å². The zero-order valence-electron chi connectivity index (χ0n) is 20.5. The van der Waals surface area contributed by atoms with Gasteiger partial charge >= 0.3 is 0 Å². The highest BCUT2D eigenvalue weighted by Crippen LogP contribution is 2.42. The number of H-pyrrole nitrogens is 1. The van der Waals surface area contributed by atoms with Gasteiger partial charge in [-0.05, 0) is 37.0 Å². The second-order valence-electron chi connectivity index (χ2n) is 9.24. The van der Waals surface area contributed by atoms with E-state index in [1.165, 1.54) is 43.4 Å². The number of nitrogens with one attached hydrogen (secondary N) is 2. The zero-order valence-corrected chi connectivity index (χ0v) is 22.1. The molecular formula is C28H30ClN3O3S. The third-order valence-electron chi connectivity index (χ3n) is 6.93. The van der Waals surface area contributed by atoms with Gasteiger partial charge in [0.05, 0.1) is 24.9 Å². The Labute approximate surface area is 220 Å². The number of hydrogen-bond donors (Lipinski definition) is 2. The van der Waals surface area contributed by atoms with Crippen molar-refractivity contribution >= 4 is 44.9 Å². The largest absolute Gasteiger partial charge is 0.496 e. The molecule has 2 aromatic heterocycles. The molecule has 8 heteroatoms. The van der Waals surface area contributed by atoms with Gasteiger partial charge in [-0.1, -0.05) is 61.9 Å². The molecule has 36 heavy (non-hydrogen) atoms. The van der Waals surface area contributed by atoms with Crippen molar-refractivity contribution < 1.29 is 14.3 Å². The summed E-state index contributed by atoms with van der Waals surface area (Å²) < 4.78 is 11.1. The summed E-state index contributed by atoms with van der Waals surface area (Å²) in [5.41, 5.74) is 3.03. The van der Waals surface area contributed by atoms with E-state index in [1.54, 1.807) is 20.3 Å². The first-order valence-electron chi connectivity index (χ1n) is 12.4. The number of methoxy groups -OCH3 is 2. The number of nitrogens with zero attached hydrogens (tertiary/aromatic N) is 1. The van der Waals surface area contributed by atoms with Crippen LogP contribution in [0.2, 0.25) is 5.02 Å². The van der Waals surface area contributed by atoms with Gasteiger partial charge < -0.3 is 14.5 Å². The average Bonchev–Trinajstić information content (AvgIpc) is 3.52. The molecule has 6 nitrogen and oxygen atoms in total. The Bertz CT molecular complexity index is 1340. The van der Waals surface area contributed by atoms with Gasteiger partial charge in [-0.3, -0.25) is 10.1 Å². The number of para-hydroxylation sites is 1. The number of carbonyl (C=O) groups is 1. The summed E-state index contributed by atoms with van der Waals surface area (Å²) in [6, 6.07) is 13.3. The maximum atomic E-state index is 13.1. The molecule has 2 aromatic carbocycles.